The van der Waals surface area contributed by atoms with Crippen molar-refractivity contribution < 1.29 is 0 Å². The smallest absolute Gasteiger partial charge is 0.0540 e. The number of fused-ring (bicyclic) bond motifs is 7. The van der Waals surface area contributed by atoms with Gasteiger partial charge >= 0.3 is 0 Å². The molecule has 9 aromatic rings. The predicted molar refractivity (Wildman–Crippen MR) is 214 cm³/mol. The first-order chi connectivity index (χ1) is 24.5. The average molecular weight is 638 g/mol. The summed E-state index contributed by atoms with van der Waals surface area (Å²) in [5.41, 5.74) is 11.2. The maximum Gasteiger partial charge on any atom is 0.0540 e. The molecule has 0 fully saturated rings. The second kappa shape index (κ2) is 10.9. The zero-order valence-electron chi connectivity index (χ0n) is 28.2. The molecule has 0 heterocycles. The Labute approximate surface area is 292 Å². The SMILES string of the molecule is CC1(C)c2cc(-c3ccc4cc5ccccc5cc4c3)ccc2-c2ccc(N(c3cccc4ccccc34)c3cccc4ccccc34)cc21. The fourth-order valence-corrected chi connectivity index (χ4v) is 8.38. The van der Waals surface area contributed by atoms with E-state index in [-0.39, 0.29) is 5.41 Å². The highest BCUT2D eigenvalue weighted by molar-refractivity contribution is 6.05. The Morgan fingerprint density at radius 2 is 0.840 bits per heavy atom. The van der Waals surface area contributed by atoms with E-state index >= 15 is 0 Å². The van der Waals surface area contributed by atoms with Crippen LogP contribution in [0.4, 0.5) is 17.1 Å². The Bertz CT molecular complexity index is 2710. The molecule has 1 nitrogen and oxygen atoms in total. The number of nitrogens with zero attached hydrogens (tertiary/aromatic N) is 1. The molecule has 1 aliphatic rings. The van der Waals surface area contributed by atoms with Crippen LogP contribution in [0, 0.1) is 0 Å². The number of rotatable bonds is 4. The molecule has 9 aromatic carbocycles. The van der Waals surface area contributed by atoms with Gasteiger partial charge in [-0.15, -0.1) is 0 Å². The van der Waals surface area contributed by atoms with Crippen molar-refractivity contribution in [2.45, 2.75) is 19.3 Å². The molecule has 0 unspecified atom stereocenters. The lowest BCUT2D eigenvalue weighted by atomic mass is 9.81. The minimum Gasteiger partial charge on any atom is -0.309 e. The third kappa shape index (κ3) is 4.40. The standard InChI is InChI=1S/C49H35N/c1-49(2)45-30-38(36-21-22-37-27-34-13-3-4-14-35(34)28-39(37)29-36)23-25-43(45)44-26-24-40(31-46(44)49)50(47-19-9-15-32-11-5-7-17-41(32)47)48-20-10-16-33-12-6-8-18-42(33)48/h3-31H,1-2H3. The molecule has 0 aliphatic heterocycles. The summed E-state index contributed by atoms with van der Waals surface area (Å²) in [5, 5.41) is 10.0. The van der Waals surface area contributed by atoms with E-state index in [2.05, 4.69) is 195 Å². The van der Waals surface area contributed by atoms with E-state index in [1.807, 2.05) is 0 Å². The quantitative estimate of drug-likeness (QED) is 0.174. The molecule has 50 heavy (non-hydrogen) atoms. The average Bonchev–Trinajstić information content (AvgIpc) is 3.39. The van der Waals surface area contributed by atoms with Gasteiger partial charge in [-0.2, -0.15) is 0 Å². The van der Waals surface area contributed by atoms with Gasteiger partial charge in [0.1, 0.15) is 0 Å². The van der Waals surface area contributed by atoms with Crippen LogP contribution in [0.2, 0.25) is 0 Å². The highest BCUT2D eigenvalue weighted by atomic mass is 15.1. The summed E-state index contributed by atoms with van der Waals surface area (Å²) in [7, 11) is 0. The maximum absolute atomic E-state index is 2.47. The summed E-state index contributed by atoms with van der Waals surface area (Å²) >= 11 is 0. The zero-order chi connectivity index (χ0) is 33.4. The van der Waals surface area contributed by atoms with Gasteiger partial charge in [0.25, 0.3) is 0 Å². The van der Waals surface area contributed by atoms with Crippen molar-refractivity contribution >= 4 is 60.2 Å². The lowest BCUT2D eigenvalue weighted by Gasteiger charge is -2.30. The van der Waals surface area contributed by atoms with Crippen molar-refractivity contribution in [1.29, 1.82) is 0 Å². The van der Waals surface area contributed by atoms with Crippen molar-refractivity contribution in [3.8, 4) is 22.3 Å². The fraction of sp³-hybridized carbons (Fsp3) is 0.0612. The first kappa shape index (κ1) is 28.8. The lowest BCUT2D eigenvalue weighted by molar-refractivity contribution is 0.660. The molecule has 0 amide bonds. The van der Waals surface area contributed by atoms with Gasteiger partial charge in [0, 0.05) is 21.9 Å². The van der Waals surface area contributed by atoms with E-state index in [1.54, 1.807) is 0 Å². The van der Waals surface area contributed by atoms with Crippen LogP contribution in [0.5, 0.6) is 0 Å². The number of benzene rings is 9. The number of hydrogen-bond donors (Lipinski definition) is 0. The van der Waals surface area contributed by atoms with Crippen molar-refractivity contribution in [2.24, 2.45) is 0 Å². The van der Waals surface area contributed by atoms with Gasteiger partial charge in [0.15, 0.2) is 0 Å². The third-order valence-corrected chi connectivity index (χ3v) is 11.0. The van der Waals surface area contributed by atoms with Crippen LogP contribution in [0.1, 0.15) is 25.0 Å². The molecule has 0 spiro atoms. The highest BCUT2D eigenvalue weighted by Gasteiger charge is 2.36. The summed E-state index contributed by atoms with van der Waals surface area (Å²) < 4.78 is 0. The molecule has 1 heteroatoms. The van der Waals surface area contributed by atoms with Crippen molar-refractivity contribution in [1.82, 2.24) is 0 Å². The monoisotopic (exact) mass is 637 g/mol. The van der Waals surface area contributed by atoms with Crippen LogP contribution in [-0.4, -0.2) is 0 Å². The summed E-state index contributed by atoms with van der Waals surface area (Å²) in [6.45, 7) is 4.77. The molecule has 0 atom stereocenters. The maximum atomic E-state index is 2.47. The second-order valence-electron chi connectivity index (χ2n) is 14.2. The molecule has 10 rings (SSSR count). The van der Waals surface area contributed by atoms with Gasteiger partial charge in [-0.3, -0.25) is 0 Å². The van der Waals surface area contributed by atoms with E-state index in [0.29, 0.717) is 0 Å². The Hall–Kier alpha value is -6.18. The van der Waals surface area contributed by atoms with E-state index in [9.17, 15) is 0 Å². The van der Waals surface area contributed by atoms with E-state index in [1.165, 1.54) is 93.5 Å². The Kier molecular flexibility index (Phi) is 6.29. The molecule has 0 radical (unpaired) electrons. The number of hydrogen-bond acceptors (Lipinski definition) is 1. The Morgan fingerprint density at radius 1 is 0.360 bits per heavy atom. The van der Waals surface area contributed by atoms with Gasteiger partial charge in [-0.1, -0.05) is 141 Å². The van der Waals surface area contributed by atoms with Crippen LogP contribution in [-0.2, 0) is 5.41 Å². The number of anilines is 3. The molecule has 0 saturated carbocycles. The molecule has 0 bridgehead atoms. The van der Waals surface area contributed by atoms with E-state index in [4.69, 9.17) is 0 Å². The van der Waals surface area contributed by atoms with Crippen LogP contribution in [0.25, 0.3) is 65.3 Å². The topological polar surface area (TPSA) is 3.24 Å². The molecular formula is C49H35N. The molecular weight excluding hydrogens is 603 g/mol. The summed E-state index contributed by atoms with van der Waals surface area (Å²) in [6.07, 6.45) is 0. The van der Waals surface area contributed by atoms with Crippen LogP contribution < -0.4 is 4.90 Å². The zero-order valence-corrected chi connectivity index (χ0v) is 28.2. The molecule has 0 aromatic heterocycles. The van der Waals surface area contributed by atoms with Crippen LogP contribution in [0.15, 0.2) is 176 Å². The van der Waals surface area contributed by atoms with Crippen LogP contribution in [0.3, 0.4) is 0 Å². The van der Waals surface area contributed by atoms with E-state index in [0.717, 1.165) is 0 Å². The highest BCUT2D eigenvalue weighted by Crippen LogP contribution is 2.52. The van der Waals surface area contributed by atoms with E-state index < -0.39 is 0 Å². The minimum absolute atomic E-state index is 0.174. The van der Waals surface area contributed by atoms with Gasteiger partial charge in [0.2, 0.25) is 0 Å². The second-order valence-corrected chi connectivity index (χ2v) is 14.2. The summed E-state index contributed by atoms with van der Waals surface area (Å²) in [6, 6.07) is 65.1. The van der Waals surface area contributed by atoms with Gasteiger partial charge < -0.3 is 4.90 Å². The van der Waals surface area contributed by atoms with Gasteiger partial charge in [-0.25, -0.2) is 0 Å². The first-order valence-electron chi connectivity index (χ1n) is 17.5. The van der Waals surface area contributed by atoms with Gasteiger partial charge in [-0.05, 0) is 114 Å². The van der Waals surface area contributed by atoms with Crippen molar-refractivity contribution in [2.75, 3.05) is 4.90 Å². The van der Waals surface area contributed by atoms with Crippen molar-refractivity contribution in [3.05, 3.63) is 187 Å². The minimum atomic E-state index is -0.174. The van der Waals surface area contributed by atoms with Crippen molar-refractivity contribution in [3.63, 3.8) is 0 Å². The molecule has 0 saturated heterocycles. The lowest BCUT2D eigenvalue weighted by Crippen LogP contribution is -2.17. The first-order valence-corrected chi connectivity index (χ1v) is 17.5. The largest absolute Gasteiger partial charge is 0.309 e. The Balaban J connectivity index is 1.11. The summed E-state index contributed by atoms with van der Waals surface area (Å²) in [4.78, 5) is 2.47. The third-order valence-electron chi connectivity index (χ3n) is 11.0. The molecule has 0 N–H and O–H groups in total. The predicted octanol–water partition coefficient (Wildman–Crippen LogP) is 13.7. The van der Waals surface area contributed by atoms with Crippen LogP contribution >= 0.6 is 0 Å². The molecule has 1 aliphatic carbocycles. The summed E-state index contributed by atoms with van der Waals surface area (Å²) in [5.74, 6) is 0. The fourth-order valence-electron chi connectivity index (χ4n) is 8.38. The van der Waals surface area contributed by atoms with Gasteiger partial charge in [0.05, 0.1) is 11.4 Å². The molecule has 236 valence electrons. The Morgan fingerprint density at radius 3 is 1.50 bits per heavy atom. The normalized spacial score (nSPS) is 13.2.